The Labute approximate surface area is 152 Å². The molecule has 7 nitrogen and oxygen atoms in total. The average Bonchev–Trinajstić information content (AvgIpc) is 3.00. The lowest BCUT2D eigenvalue weighted by molar-refractivity contribution is -0.115. The summed E-state index contributed by atoms with van der Waals surface area (Å²) < 4.78 is 1.59. The summed E-state index contributed by atoms with van der Waals surface area (Å²) in [5.74, 6) is 0.564. The maximum Gasteiger partial charge on any atom is 0.250 e. The number of carbonyl (C=O) groups excluding carboxylic acids is 1. The molecule has 0 fully saturated rings. The highest BCUT2D eigenvalue weighted by atomic mass is 32.1. The number of tetrazole rings is 1. The van der Waals surface area contributed by atoms with Crippen LogP contribution in [0.25, 0.3) is 6.08 Å². The fourth-order valence-corrected chi connectivity index (χ4v) is 2.30. The van der Waals surface area contributed by atoms with Crippen molar-refractivity contribution in [2.45, 2.75) is 39.7 Å². The third-order valence-electron chi connectivity index (χ3n) is 3.46. The van der Waals surface area contributed by atoms with E-state index in [0.717, 1.165) is 12.0 Å². The van der Waals surface area contributed by atoms with E-state index in [1.807, 2.05) is 19.1 Å². The molecule has 132 valence electrons. The molecule has 0 atom stereocenters. The highest BCUT2D eigenvalue weighted by Gasteiger charge is 2.08. The molecule has 1 amide bonds. The molecule has 0 aliphatic heterocycles. The number of aromatic nitrogens is 4. The van der Waals surface area contributed by atoms with Crippen LogP contribution in [-0.4, -0.2) is 31.2 Å². The van der Waals surface area contributed by atoms with E-state index in [-0.39, 0.29) is 11.0 Å². The van der Waals surface area contributed by atoms with Gasteiger partial charge in [-0.25, -0.2) is 4.68 Å². The molecule has 0 saturated carbocycles. The van der Waals surface area contributed by atoms with Crippen LogP contribution in [0.1, 0.15) is 44.2 Å². The average molecular weight is 358 g/mol. The van der Waals surface area contributed by atoms with Crippen LogP contribution >= 0.6 is 12.2 Å². The summed E-state index contributed by atoms with van der Waals surface area (Å²) in [6, 6.07) is 8.08. The van der Waals surface area contributed by atoms with E-state index >= 15 is 0 Å². The standard InChI is InChI=1S/C17H22N6OS/c1-4-11-23-16(20-21-22-23)19-17(25)18-15(24)10-7-13-5-8-14(9-6-13)12(2)3/h5-10,12H,4,11H2,1-3H3,(H2,18,19,20,22,24,25)/b10-7+. The first kappa shape index (κ1) is 18.7. The van der Waals surface area contributed by atoms with Crippen LogP contribution in [0.5, 0.6) is 0 Å². The lowest BCUT2D eigenvalue weighted by Crippen LogP contribution is -2.33. The van der Waals surface area contributed by atoms with Crippen molar-refractivity contribution in [1.82, 2.24) is 25.5 Å². The number of benzene rings is 1. The maximum atomic E-state index is 12.0. The zero-order valence-corrected chi connectivity index (χ0v) is 15.4. The number of hydrogen-bond donors (Lipinski definition) is 2. The van der Waals surface area contributed by atoms with Crippen molar-refractivity contribution in [2.75, 3.05) is 5.32 Å². The Morgan fingerprint density at radius 1 is 1.32 bits per heavy atom. The van der Waals surface area contributed by atoms with Crippen molar-refractivity contribution >= 4 is 35.3 Å². The summed E-state index contributed by atoms with van der Waals surface area (Å²) in [6.45, 7) is 6.97. The summed E-state index contributed by atoms with van der Waals surface area (Å²) in [7, 11) is 0. The Kier molecular flexibility index (Phi) is 6.76. The van der Waals surface area contributed by atoms with Gasteiger partial charge in [-0.2, -0.15) is 0 Å². The van der Waals surface area contributed by atoms with Gasteiger partial charge in [-0.1, -0.05) is 50.1 Å². The number of amides is 1. The first-order chi connectivity index (χ1) is 12.0. The van der Waals surface area contributed by atoms with Crippen molar-refractivity contribution in [3.05, 3.63) is 41.5 Å². The van der Waals surface area contributed by atoms with Gasteiger partial charge < -0.3 is 0 Å². The van der Waals surface area contributed by atoms with Gasteiger partial charge in [0.1, 0.15) is 0 Å². The molecule has 25 heavy (non-hydrogen) atoms. The first-order valence-corrected chi connectivity index (χ1v) is 8.56. The summed E-state index contributed by atoms with van der Waals surface area (Å²) in [5, 5.41) is 16.8. The van der Waals surface area contributed by atoms with Gasteiger partial charge in [0.2, 0.25) is 11.9 Å². The smallest absolute Gasteiger partial charge is 0.250 e. The molecule has 0 radical (unpaired) electrons. The van der Waals surface area contributed by atoms with Gasteiger partial charge in [0.05, 0.1) is 0 Å². The van der Waals surface area contributed by atoms with E-state index in [1.54, 1.807) is 10.8 Å². The number of rotatable bonds is 6. The Hall–Kier alpha value is -2.61. The van der Waals surface area contributed by atoms with Crippen molar-refractivity contribution in [1.29, 1.82) is 0 Å². The normalized spacial score (nSPS) is 11.0. The highest BCUT2D eigenvalue weighted by Crippen LogP contribution is 2.15. The minimum atomic E-state index is -0.319. The summed E-state index contributed by atoms with van der Waals surface area (Å²) in [5.41, 5.74) is 2.21. The molecule has 0 aliphatic carbocycles. The third-order valence-corrected chi connectivity index (χ3v) is 3.66. The van der Waals surface area contributed by atoms with Crippen LogP contribution in [0.3, 0.4) is 0 Å². The monoisotopic (exact) mass is 358 g/mol. The maximum absolute atomic E-state index is 12.0. The predicted molar refractivity (Wildman–Crippen MR) is 102 cm³/mol. The Morgan fingerprint density at radius 2 is 2.04 bits per heavy atom. The number of nitrogens with one attached hydrogen (secondary N) is 2. The molecular weight excluding hydrogens is 336 g/mol. The largest absolute Gasteiger partial charge is 0.300 e. The number of hydrogen-bond acceptors (Lipinski definition) is 5. The Balaban J connectivity index is 1.88. The summed E-state index contributed by atoms with van der Waals surface area (Å²) in [4.78, 5) is 12.0. The van der Waals surface area contributed by atoms with Gasteiger partial charge in [0, 0.05) is 12.6 Å². The molecule has 0 bridgehead atoms. The molecule has 2 N–H and O–H groups in total. The van der Waals surface area contributed by atoms with Crippen LogP contribution in [0, 0.1) is 0 Å². The quantitative estimate of drug-likeness (QED) is 0.610. The summed E-state index contributed by atoms with van der Waals surface area (Å²) in [6.07, 6.45) is 4.06. The second-order valence-corrected chi connectivity index (χ2v) is 6.23. The Morgan fingerprint density at radius 3 is 2.68 bits per heavy atom. The molecule has 1 aromatic carbocycles. The van der Waals surface area contributed by atoms with Gasteiger partial charge >= 0.3 is 0 Å². The van der Waals surface area contributed by atoms with Gasteiger partial charge in [0.25, 0.3) is 0 Å². The lowest BCUT2D eigenvalue weighted by atomic mass is 10.0. The fraction of sp³-hybridized carbons (Fsp3) is 0.353. The van der Waals surface area contributed by atoms with Crippen LogP contribution in [0.15, 0.2) is 30.3 Å². The van der Waals surface area contributed by atoms with E-state index in [0.29, 0.717) is 18.4 Å². The van der Waals surface area contributed by atoms with Gasteiger partial charge in [0.15, 0.2) is 5.11 Å². The van der Waals surface area contributed by atoms with Crippen molar-refractivity contribution in [3.63, 3.8) is 0 Å². The molecule has 8 heteroatoms. The first-order valence-electron chi connectivity index (χ1n) is 8.15. The topological polar surface area (TPSA) is 84.7 Å². The molecule has 0 spiro atoms. The minimum Gasteiger partial charge on any atom is -0.300 e. The van der Waals surface area contributed by atoms with E-state index in [9.17, 15) is 4.79 Å². The number of anilines is 1. The van der Waals surface area contributed by atoms with Crippen molar-refractivity contribution in [3.8, 4) is 0 Å². The van der Waals surface area contributed by atoms with Gasteiger partial charge in [-0.15, -0.1) is 0 Å². The second kappa shape index (κ2) is 9.03. The lowest BCUT2D eigenvalue weighted by Gasteiger charge is -2.07. The predicted octanol–water partition coefficient (Wildman–Crippen LogP) is 2.73. The SMILES string of the molecule is CCCn1nnnc1NC(=S)NC(=O)/C=C/c1ccc(C(C)C)cc1. The van der Waals surface area contributed by atoms with E-state index < -0.39 is 0 Å². The second-order valence-electron chi connectivity index (χ2n) is 5.82. The van der Waals surface area contributed by atoms with Gasteiger partial charge in [-0.3, -0.25) is 15.4 Å². The zero-order valence-electron chi connectivity index (χ0n) is 14.6. The Bertz CT molecular complexity index is 751. The molecule has 0 aliphatic rings. The highest BCUT2D eigenvalue weighted by molar-refractivity contribution is 7.80. The molecule has 0 unspecified atom stereocenters. The van der Waals surface area contributed by atoms with Crippen LogP contribution in [0.2, 0.25) is 0 Å². The van der Waals surface area contributed by atoms with E-state index in [2.05, 4.69) is 52.1 Å². The molecule has 0 saturated heterocycles. The van der Waals surface area contributed by atoms with E-state index in [4.69, 9.17) is 12.2 Å². The van der Waals surface area contributed by atoms with Crippen molar-refractivity contribution in [2.24, 2.45) is 0 Å². The number of nitrogens with zero attached hydrogens (tertiary/aromatic N) is 4. The zero-order chi connectivity index (χ0) is 18.2. The molecule has 1 aromatic heterocycles. The molecule has 1 heterocycles. The van der Waals surface area contributed by atoms with Gasteiger partial charge in [-0.05, 0) is 52.2 Å². The van der Waals surface area contributed by atoms with Crippen LogP contribution in [-0.2, 0) is 11.3 Å². The molecule has 2 rings (SSSR count). The minimum absolute atomic E-state index is 0.150. The van der Waals surface area contributed by atoms with Crippen molar-refractivity contribution < 1.29 is 4.79 Å². The van der Waals surface area contributed by atoms with Crippen LogP contribution < -0.4 is 10.6 Å². The van der Waals surface area contributed by atoms with Crippen LogP contribution in [0.4, 0.5) is 5.95 Å². The number of aryl methyl sites for hydroxylation is 1. The summed E-state index contributed by atoms with van der Waals surface area (Å²) >= 11 is 5.11. The fourth-order valence-electron chi connectivity index (χ4n) is 2.11. The third kappa shape index (κ3) is 5.75. The molecule has 2 aromatic rings. The van der Waals surface area contributed by atoms with E-state index in [1.165, 1.54) is 11.6 Å². The number of thiocarbonyl (C=S) groups is 1. The molecular formula is C17H22N6OS. The number of carbonyl (C=O) groups is 1.